The number of pyridine rings is 1. The van der Waals surface area contributed by atoms with Crippen molar-refractivity contribution in [3.05, 3.63) is 53.9 Å². The summed E-state index contributed by atoms with van der Waals surface area (Å²) >= 11 is 0. The third kappa shape index (κ3) is 4.73. The van der Waals surface area contributed by atoms with E-state index in [1.807, 2.05) is 24.5 Å². The first-order chi connectivity index (χ1) is 11.8. The van der Waals surface area contributed by atoms with Crippen LogP contribution < -0.4 is 10.1 Å². The summed E-state index contributed by atoms with van der Waals surface area (Å²) in [7, 11) is 0. The van der Waals surface area contributed by atoms with Gasteiger partial charge in [-0.1, -0.05) is 38.3 Å². The second kappa shape index (κ2) is 8.72. The van der Waals surface area contributed by atoms with E-state index in [1.54, 1.807) is 0 Å². The highest BCUT2D eigenvalue weighted by molar-refractivity contribution is 5.43. The predicted molar refractivity (Wildman–Crippen MR) is 99.5 cm³/mol. The number of aromatic nitrogens is 1. The Labute approximate surface area is 145 Å². The zero-order valence-electron chi connectivity index (χ0n) is 14.6. The molecule has 1 fully saturated rings. The van der Waals surface area contributed by atoms with E-state index < -0.39 is 0 Å². The van der Waals surface area contributed by atoms with Gasteiger partial charge >= 0.3 is 0 Å². The van der Waals surface area contributed by atoms with Crippen molar-refractivity contribution in [2.24, 2.45) is 5.92 Å². The molecule has 0 spiro atoms. The quantitative estimate of drug-likeness (QED) is 0.758. The summed E-state index contributed by atoms with van der Waals surface area (Å²) in [6, 6.07) is 10.6. The minimum atomic E-state index is 0.747. The van der Waals surface area contributed by atoms with Crippen molar-refractivity contribution in [1.82, 2.24) is 4.98 Å². The van der Waals surface area contributed by atoms with Gasteiger partial charge in [0.05, 0.1) is 6.61 Å². The lowest BCUT2D eigenvalue weighted by molar-refractivity contribution is 0.207. The minimum Gasteiger partial charge on any atom is -0.493 e. The van der Waals surface area contributed by atoms with Crippen LogP contribution in [-0.4, -0.2) is 11.6 Å². The molecule has 0 radical (unpaired) electrons. The van der Waals surface area contributed by atoms with Gasteiger partial charge in [0.2, 0.25) is 0 Å². The number of hydrogen-bond acceptors (Lipinski definition) is 3. The highest BCUT2D eigenvalue weighted by Crippen LogP contribution is 2.27. The first-order valence-electron chi connectivity index (χ1n) is 9.23. The summed E-state index contributed by atoms with van der Waals surface area (Å²) in [6.45, 7) is 3.89. The Balaban J connectivity index is 1.57. The first-order valence-corrected chi connectivity index (χ1v) is 9.23. The molecular formula is C21H28N2O. The fourth-order valence-corrected chi connectivity index (χ4v) is 3.40. The summed E-state index contributed by atoms with van der Waals surface area (Å²) in [5, 5.41) is 3.43. The minimum absolute atomic E-state index is 0.747. The fourth-order valence-electron chi connectivity index (χ4n) is 3.40. The molecule has 1 aliphatic carbocycles. The van der Waals surface area contributed by atoms with Gasteiger partial charge < -0.3 is 10.1 Å². The van der Waals surface area contributed by atoms with Crippen molar-refractivity contribution in [3.8, 4) is 5.75 Å². The molecule has 2 aromatic rings. The average Bonchev–Trinajstić information content (AvgIpc) is 2.66. The molecule has 0 amide bonds. The van der Waals surface area contributed by atoms with Gasteiger partial charge in [-0.05, 0) is 54.5 Å². The average molecular weight is 324 g/mol. The van der Waals surface area contributed by atoms with E-state index in [-0.39, 0.29) is 0 Å². The number of nitrogens with zero attached hydrogens (tertiary/aromatic N) is 1. The Hall–Kier alpha value is -2.03. The van der Waals surface area contributed by atoms with Gasteiger partial charge in [-0.25, -0.2) is 0 Å². The molecule has 0 aliphatic heterocycles. The van der Waals surface area contributed by atoms with Crippen LogP contribution in [0.15, 0.2) is 42.7 Å². The third-order valence-electron chi connectivity index (χ3n) is 4.88. The molecule has 1 aliphatic rings. The van der Waals surface area contributed by atoms with Crippen molar-refractivity contribution < 1.29 is 4.74 Å². The second-order valence-corrected chi connectivity index (χ2v) is 6.70. The molecule has 1 heterocycles. The van der Waals surface area contributed by atoms with Crippen molar-refractivity contribution in [1.29, 1.82) is 0 Å². The molecule has 1 N–H and O–H groups in total. The van der Waals surface area contributed by atoms with Crippen LogP contribution >= 0.6 is 0 Å². The van der Waals surface area contributed by atoms with Gasteiger partial charge in [0.15, 0.2) is 0 Å². The molecule has 0 unspecified atom stereocenters. The number of anilines is 1. The molecule has 3 rings (SSSR count). The number of benzene rings is 1. The number of aryl methyl sites for hydroxylation is 1. The second-order valence-electron chi connectivity index (χ2n) is 6.70. The maximum absolute atomic E-state index is 6.16. The number of ether oxygens (including phenoxy) is 1. The Kier molecular flexibility index (Phi) is 6.11. The molecular weight excluding hydrogens is 296 g/mol. The monoisotopic (exact) mass is 324 g/mol. The molecule has 24 heavy (non-hydrogen) atoms. The van der Waals surface area contributed by atoms with Crippen LogP contribution in [0.25, 0.3) is 0 Å². The molecule has 0 bridgehead atoms. The lowest BCUT2D eigenvalue weighted by atomic mass is 9.90. The molecule has 3 heteroatoms. The largest absolute Gasteiger partial charge is 0.493 e. The van der Waals surface area contributed by atoms with E-state index in [4.69, 9.17) is 4.74 Å². The van der Waals surface area contributed by atoms with Gasteiger partial charge in [0.25, 0.3) is 0 Å². The molecule has 1 aromatic carbocycles. The van der Waals surface area contributed by atoms with Crippen molar-refractivity contribution in [3.63, 3.8) is 0 Å². The SMILES string of the molecule is CCc1cc(CNc2ccncc2)ccc1OCC1CCCCC1. The van der Waals surface area contributed by atoms with E-state index in [2.05, 4.69) is 35.4 Å². The van der Waals surface area contributed by atoms with Gasteiger partial charge in [0, 0.05) is 24.6 Å². The summed E-state index contributed by atoms with van der Waals surface area (Å²) in [5.74, 6) is 1.81. The van der Waals surface area contributed by atoms with Gasteiger partial charge in [0.1, 0.15) is 5.75 Å². The molecule has 0 saturated heterocycles. The smallest absolute Gasteiger partial charge is 0.122 e. The van der Waals surface area contributed by atoms with Crippen LogP contribution in [-0.2, 0) is 13.0 Å². The lowest BCUT2D eigenvalue weighted by Gasteiger charge is -2.22. The number of nitrogens with one attached hydrogen (secondary N) is 1. The van der Waals surface area contributed by atoms with Gasteiger partial charge in [-0.3, -0.25) is 4.98 Å². The van der Waals surface area contributed by atoms with Crippen molar-refractivity contribution in [2.45, 2.75) is 52.0 Å². The molecule has 128 valence electrons. The number of rotatable bonds is 7. The van der Waals surface area contributed by atoms with Crippen LogP contribution in [0.4, 0.5) is 5.69 Å². The Bertz CT molecular complexity index is 621. The Morgan fingerprint density at radius 2 is 1.88 bits per heavy atom. The highest BCUT2D eigenvalue weighted by Gasteiger charge is 2.14. The van der Waals surface area contributed by atoms with Crippen LogP contribution in [0.3, 0.4) is 0 Å². The summed E-state index contributed by atoms with van der Waals surface area (Å²) in [4.78, 5) is 4.04. The Morgan fingerprint density at radius 3 is 2.62 bits per heavy atom. The molecule has 1 saturated carbocycles. The number of hydrogen-bond donors (Lipinski definition) is 1. The maximum Gasteiger partial charge on any atom is 0.122 e. The fraction of sp³-hybridized carbons (Fsp3) is 0.476. The summed E-state index contributed by atoms with van der Waals surface area (Å²) in [5.41, 5.74) is 3.69. The zero-order valence-corrected chi connectivity index (χ0v) is 14.6. The summed E-state index contributed by atoms with van der Waals surface area (Å²) < 4.78 is 6.16. The summed E-state index contributed by atoms with van der Waals surface area (Å²) in [6.07, 6.45) is 11.4. The third-order valence-corrected chi connectivity index (χ3v) is 4.88. The van der Waals surface area contributed by atoms with Crippen molar-refractivity contribution >= 4 is 5.69 Å². The maximum atomic E-state index is 6.16. The van der Waals surface area contributed by atoms with E-state index in [0.717, 1.165) is 36.9 Å². The molecule has 0 atom stereocenters. The van der Waals surface area contributed by atoms with Crippen LogP contribution in [0.5, 0.6) is 5.75 Å². The van der Waals surface area contributed by atoms with E-state index >= 15 is 0 Å². The van der Waals surface area contributed by atoms with Crippen molar-refractivity contribution in [2.75, 3.05) is 11.9 Å². The highest BCUT2D eigenvalue weighted by atomic mass is 16.5. The molecule has 3 nitrogen and oxygen atoms in total. The standard InChI is InChI=1S/C21H28N2O/c1-2-19-14-18(15-23-20-10-12-22-13-11-20)8-9-21(19)24-16-17-6-4-3-5-7-17/h8-14,17H,2-7,15-16H2,1H3,(H,22,23). The van der Waals surface area contributed by atoms with Crippen LogP contribution in [0.1, 0.15) is 50.2 Å². The van der Waals surface area contributed by atoms with E-state index in [1.165, 1.54) is 43.2 Å². The van der Waals surface area contributed by atoms with Crippen LogP contribution in [0.2, 0.25) is 0 Å². The lowest BCUT2D eigenvalue weighted by Crippen LogP contribution is -2.15. The van der Waals surface area contributed by atoms with Gasteiger partial charge in [-0.2, -0.15) is 0 Å². The van der Waals surface area contributed by atoms with Gasteiger partial charge in [-0.15, -0.1) is 0 Å². The van der Waals surface area contributed by atoms with Crippen LogP contribution in [0, 0.1) is 5.92 Å². The normalized spacial score (nSPS) is 15.2. The topological polar surface area (TPSA) is 34.2 Å². The van der Waals surface area contributed by atoms with E-state index in [0.29, 0.717) is 0 Å². The first kappa shape index (κ1) is 16.8. The predicted octanol–water partition coefficient (Wildman–Crippen LogP) is 5.22. The zero-order chi connectivity index (χ0) is 16.6. The van der Waals surface area contributed by atoms with E-state index in [9.17, 15) is 0 Å². The molecule has 1 aromatic heterocycles. The Morgan fingerprint density at radius 1 is 1.08 bits per heavy atom.